The highest BCUT2D eigenvalue weighted by atomic mass is 16.3. The van der Waals surface area contributed by atoms with Crippen LogP contribution in [0.5, 0.6) is 0 Å². The third-order valence-electron chi connectivity index (χ3n) is 17.0. The van der Waals surface area contributed by atoms with Crippen molar-refractivity contribution in [1.82, 2.24) is 38.2 Å². The van der Waals surface area contributed by atoms with Crippen LogP contribution in [0.1, 0.15) is 0 Å². The Hall–Kier alpha value is -11.4. The maximum Gasteiger partial charge on any atom is 0.165 e. The lowest BCUT2D eigenvalue weighted by Crippen LogP contribution is -2.16. The average Bonchev–Trinajstić information content (AvgIpc) is 3.38. The molecule has 9 heterocycles. The molecule has 0 fully saturated rings. The maximum atomic E-state index is 6.68. The van der Waals surface area contributed by atoms with Crippen LogP contribution >= 0.6 is 0 Å². The molecule has 0 spiro atoms. The normalized spacial score (nSPS) is 12.1. The van der Waals surface area contributed by atoms with Gasteiger partial charge in [-0.05, 0) is 107 Å². The summed E-state index contributed by atoms with van der Waals surface area (Å²) in [5.74, 6) is 1.46. The number of rotatable bonds is 7. The van der Waals surface area contributed by atoms with Crippen molar-refractivity contribution in [2.45, 2.75) is 0 Å². The number of pyridine rings is 4. The highest BCUT2D eigenvalue weighted by Crippen LogP contribution is 2.50. The Morgan fingerprint density at radius 1 is 0.253 bits per heavy atom. The molecule has 0 unspecified atom stereocenters. The van der Waals surface area contributed by atoms with E-state index < -0.39 is 0 Å². The van der Waals surface area contributed by atoms with Crippen molar-refractivity contribution in [3.63, 3.8) is 0 Å². The van der Waals surface area contributed by atoms with Crippen LogP contribution < -0.4 is 0 Å². The van der Waals surface area contributed by atoms with E-state index in [1.807, 2.05) is 43.2 Å². The van der Waals surface area contributed by atoms with Gasteiger partial charge in [0, 0.05) is 96.6 Å². The molecule has 0 atom stereocenters. The third-order valence-corrected chi connectivity index (χ3v) is 17.0. The van der Waals surface area contributed by atoms with E-state index in [0.717, 1.165) is 166 Å². The molecule has 9 aromatic carbocycles. The van der Waals surface area contributed by atoms with Crippen molar-refractivity contribution in [3.05, 3.63) is 268 Å². The Bertz CT molecular complexity index is 5450. The summed E-state index contributed by atoms with van der Waals surface area (Å²) in [7, 11) is 0. The van der Waals surface area contributed by atoms with Crippen LogP contribution in [0.4, 0.5) is 0 Å². The van der Waals surface area contributed by atoms with Gasteiger partial charge in [-0.15, -0.1) is 0 Å². The van der Waals surface area contributed by atoms with Crippen molar-refractivity contribution in [2.24, 2.45) is 0 Å². The Kier molecular flexibility index (Phi) is 9.60. The number of nitrogens with zero attached hydrogens (tertiary/aromatic N) is 8. The third kappa shape index (κ3) is 6.58. The first-order valence-electron chi connectivity index (χ1n) is 27.9. The van der Waals surface area contributed by atoms with E-state index in [9.17, 15) is 0 Å². The number of hydrogen-bond acceptors (Lipinski definition) is 5. The van der Waals surface area contributed by atoms with Gasteiger partial charge in [-0.1, -0.05) is 152 Å². The summed E-state index contributed by atoms with van der Waals surface area (Å²) in [6.45, 7) is 0. The van der Waals surface area contributed by atoms with Crippen LogP contribution in [-0.2, 0) is 0 Å². The monoisotopic (exact) mass is 1060 g/mol. The van der Waals surface area contributed by atoms with Crippen LogP contribution in [0.15, 0.2) is 272 Å². The fourth-order valence-electron chi connectivity index (χ4n) is 13.5. The molecular weight excluding hydrogens is 1020 g/mol. The molecule has 9 aromatic heterocycles. The summed E-state index contributed by atoms with van der Waals surface area (Å²) in [6.07, 6.45) is 11.7. The first-order valence-corrected chi connectivity index (χ1v) is 27.9. The van der Waals surface area contributed by atoms with Gasteiger partial charge in [-0.25, -0.2) is 4.98 Å². The second kappa shape index (κ2) is 17.5. The minimum absolute atomic E-state index is 0.728. The Morgan fingerprint density at radius 3 is 1.13 bits per heavy atom. The molecule has 0 saturated carbocycles. The van der Waals surface area contributed by atoms with E-state index >= 15 is 0 Å². The Balaban J connectivity index is 1.14. The largest absolute Gasteiger partial charge is 0.456 e. The molecule has 0 aliphatic rings. The van der Waals surface area contributed by atoms with Crippen LogP contribution in [0.2, 0.25) is 0 Å². The summed E-state index contributed by atoms with van der Waals surface area (Å²) < 4.78 is 16.4. The van der Waals surface area contributed by atoms with Crippen LogP contribution in [0, 0.1) is 0 Å². The van der Waals surface area contributed by atoms with Crippen LogP contribution in [-0.4, -0.2) is 38.2 Å². The molecular formula is C74H44N8O. The average molecular weight is 1060 g/mol. The topological polar surface area (TPSA) is 84.4 Å². The minimum Gasteiger partial charge on any atom is -0.456 e. The SMILES string of the molecule is c1ccc(-c2ccc3c(c2)c2cc(-c4ccccc4)ccc2n3-c2c(-n3c4ccccc4c4cnccc43)nc(-n3c4ccccc4c4cnccc43)c(-n3c4ccccc4c4cnccc43)c2-c2ccc3oc4ccccc4c3c2)cc1. The lowest BCUT2D eigenvalue weighted by molar-refractivity contribution is 0.669. The molecule has 0 N–H and O–H groups in total. The Labute approximate surface area is 473 Å². The van der Waals surface area contributed by atoms with Gasteiger partial charge in [0.05, 0.1) is 44.1 Å². The van der Waals surface area contributed by atoms with Crippen molar-refractivity contribution < 1.29 is 4.42 Å². The number of para-hydroxylation sites is 4. The van der Waals surface area contributed by atoms with E-state index in [-0.39, 0.29) is 0 Å². The molecule has 18 rings (SSSR count). The van der Waals surface area contributed by atoms with Crippen LogP contribution in [0.25, 0.3) is 166 Å². The van der Waals surface area contributed by atoms with Crippen molar-refractivity contribution in [1.29, 1.82) is 0 Å². The zero-order valence-corrected chi connectivity index (χ0v) is 44.4. The lowest BCUT2D eigenvalue weighted by Gasteiger charge is -2.27. The predicted molar refractivity (Wildman–Crippen MR) is 339 cm³/mol. The molecule has 83 heavy (non-hydrogen) atoms. The van der Waals surface area contributed by atoms with Gasteiger partial charge in [0.25, 0.3) is 0 Å². The second-order valence-corrected chi connectivity index (χ2v) is 21.4. The number of hydrogen-bond donors (Lipinski definition) is 0. The standard InChI is InChI=1S/C74H44N8O/c1-3-15-45(16-4-1)47-27-30-63-54(39-47)55-40-48(46-17-5-2-6-18-46)28-31-64(55)80(63)72-70(49-29-32-69-56(41-49)53-22-10-14-26-68(53)83-69)71(79-60-23-11-7-19-50(60)57-42-75-36-33-65(57)79)73(81-61-24-12-8-20-51(61)58-43-76-37-34-66(58)81)78-74(72)82-62-25-13-9-21-52(62)59-44-77-38-35-67(59)82/h1-44H. The number of aromatic nitrogens is 8. The molecule has 0 saturated heterocycles. The first-order chi connectivity index (χ1) is 41.2. The van der Waals surface area contributed by atoms with E-state index in [0.29, 0.717) is 0 Å². The zero-order chi connectivity index (χ0) is 54.3. The lowest BCUT2D eigenvalue weighted by atomic mass is 9.98. The molecule has 18 aromatic rings. The molecule has 0 aliphatic carbocycles. The van der Waals surface area contributed by atoms with Gasteiger partial charge < -0.3 is 13.6 Å². The molecule has 0 radical (unpaired) electrons. The molecule has 9 heteroatoms. The van der Waals surface area contributed by atoms with E-state index in [4.69, 9.17) is 24.4 Å². The smallest absolute Gasteiger partial charge is 0.165 e. The highest BCUT2D eigenvalue weighted by molar-refractivity contribution is 6.17. The van der Waals surface area contributed by atoms with Gasteiger partial charge in [0.1, 0.15) is 22.5 Å². The summed E-state index contributed by atoms with van der Waals surface area (Å²) in [6, 6.07) is 82.8. The van der Waals surface area contributed by atoms with Gasteiger partial charge in [-0.2, -0.15) is 0 Å². The van der Waals surface area contributed by atoms with Gasteiger partial charge in [-0.3, -0.25) is 24.1 Å². The predicted octanol–water partition coefficient (Wildman–Crippen LogP) is 18.6. The van der Waals surface area contributed by atoms with E-state index in [1.165, 1.54) is 0 Å². The van der Waals surface area contributed by atoms with Gasteiger partial charge in [0.2, 0.25) is 0 Å². The first kappa shape index (κ1) is 45.4. The molecule has 9 nitrogen and oxygen atoms in total. The quantitative estimate of drug-likeness (QED) is 0.159. The summed E-state index contributed by atoms with van der Waals surface area (Å²) in [5.41, 5.74) is 17.9. The number of furan rings is 1. The molecule has 386 valence electrons. The van der Waals surface area contributed by atoms with Crippen molar-refractivity contribution in [2.75, 3.05) is 0 Å². The zero-order valence-electron chi connectivity index (χ0n) is 44.4. The molecule has 0 bridgehead atoms. The molecule has 0 amide bonds. The summed E-state index contributed by atoms with van der Waals surface area (Å²) >= 11 is 0. The number of benzene rings is 9. The second-order valence-electron chi connectivity index (χ2n) is 21.4. The fraction of sp³-hybridized carbons (Fsp3) is 0. The van der Waals surface area contributed by atoms with E-state index in [2.05, 4.69) is 243 Å². The van der Waals surface area contributed by atoms with Crippen molar-refractivity contribution in [3.8, 4) is 56.4 Å². The molecule has 0 aliphatic heterocycles. The summed E-state index contributed by atoms with van der Waals surface area (Å²) in [5, 5.41) is 10.6. The van der Waals surface area contributed by atoms with Crippen LogP contribution in [0.3, 0.4) is 0 Å². The van der Waals surface area contributed by atoms with E-state index in [1.54, 1.807) is 0 Å². The fourth-order valence-corrected chi connectivity index (χ4v) is 13.5. The minimum atomic E-state index is 0.728. The maximum absolute atomic E-state index is 6.68. The summed E-state index contributed by atoms with van der Waals surface area (Å²) in [4.78, 5) is 20.7. The van der Waals surface area contributed by atoms with Gasteiger partial charge in [0.15, 0.2) is 11.6 Å². The highest BCUT2D eigenvalue weighted by Gasteiger charge is 2.33. The Morgan fingerprint density at radius 2 is 0.627 bits per heavy atom. The van der Waals surface area contributed by atoms with Gasteiger partial charge >= 0.3 is 0 Å². The van der Waals surface area contributed by atoms with Crippen molar-refractivity contribution >= 4 is 109 Å². The number of fused-ring (bicyclic) bond motifs is 15.